The maximum Gasteiger partial charge on any atom is 0.494 e. The number of rotatable bonds is 4. The summed E-state index contributed by atoms with van der Waals surface area (Å²) in [6, 6.07) is 11.7. The Labute approximate surface area is 179 Å². The highest BCUT2D eigenvalue weighted by Crippen LogP contribution is 2.36. The van der Waals surface area contributed by atoms with Crippen LogP contribution in [-0.2, 0) is 26.7 Å². The highest BCUT2D eigenvalue weighted by atomic mass is 19.4. The molecule has 0 radical (unpaired) electrons. The summed E-state index contributed by atoms with van der Waals surface area (Å²) in [4.78, 5) is 12.3. The summed E-state index contributed by atoms with van der Waals surface area (Å²) >= 11 is 0. The molecule has 31 heavy (non-hydrogen) atoms. The second kappa shape index (κ2) is 8.02. The quantitative estimate of drug-likeness (QED) is 0.743. The molecule has 5 nitrogen and oxygen atoms in total. The molecule has 0 atom stereocenters. The number of alkyl halides is 3. The maximum absolute atomic E-state index is 13.1. The van der Waals surface area contributed by atoms with Crippen LogP contribution in [0.4, 0.5) is 18.9 Å². The predicted molar refractivity (Wildman–Crippen MR) is 111 cm³/mol. The van der Waals surface area contributed by atoms with Crippen molar-refractivity contribution in [1.29, 1.82) is 5.26 Å². The van der Waals surface area contributed by atoms with Gasteiger partial charge in [0, 0.05) is 5.69 Å². The molecule has 0 aliphatic carbocycles. The number of carbonyl (C=O) groups is 1. The number of benzene rings is 2. The Kier molecular flexibility index (Phi) is 5.91. The topological polar surface area (TPSA) is 71.3 Å². The summed E-state index contributed by atoms with van der Waals surface area (Å²) in [5, 5.41) is 11.3. The van der Waals surface area contributed by atoms with Crippen molar-refractivity contribution in [2.45, 2.75) is 51.5 Å². The number of carbonyl (C=O) groups excluding carboxylic acids is 1. The number of halogens is 3. The van der Waals surface area contributed by atoms with Crippen LogP contribution >= 0.6 is 0 Å². The van der Waals surface area contributed by atoms with Crippen molar-refractivity contribution >= 4 is 24.2 Å². The van der Waals surface area contributed by atoms with Crippen molar-refractivity contribution in [1.82, 2.24) is 0 Å². The first-order valence-corrected chi connectivity index (χ1v) is 9.68. The molecule has 2 aromatic carbocycles. The molecule has 0 saturated carbocycles. The van der Waals surface area contributed by atoms with Gasteiger partial charge in [0.15, 0.2) is 0 Å². The molecule has 9 heteroatoms. The first-order valence-electron chi connectivity index (χ1n) is 9.68. The molecule has 0 bridgehead atoms. The average molecular weight is 430 g/mol. The number of nitrogens with one attached hydrogen (secondary N) is 1. The Bertz CT molecular complexity index is 1010. The molecule has 1 saturated heterocycles. The maximum atomic E-state index is 13.1. The van der Waals surface area contributed by atoms with E-state index in [1.54, 1.807) is 24.3 Å². The lowest BCUT2D eigenvalue weighted by Gasteiger charge is -2.32. The van der Waals surface area contributed by atoms with Crippen molar-refractivity contribution in [2.75, 3.05) is 5.32 Å². The molecular formula is C22H22BF3N2O3. The fourth-order valence-corrected chi connectivity index (χ4v) is 3.12. The lowest BCUT2D eigenvalue weighted by molar-refractivity contribution is -0.137. The zero-order chi connectivity index (χ0) is 23.0. The number of anilines is 1. The standard InChI is InChI=1S/C22H22BF3N2O3/c1-20(2)21(3,4)31-23(30-20)16-8-5-14(6-9-16)11-19(29)28-17-10-7-15(13-27)18(12-17)22(24,25)26/h5-10,12H,11H2,1-4H3,(H,28,29). The van der Waals surface area contributed by atoms with Gasteiger partial charge in [0.1, 0.15) is 0 Å². The monoisotopic (exact) mass is 430 g/mol. The summed E-state index contributed by atoms with van der Waals surface area (Å²) in [6.45, 7) is 7.83. The molecular weight excluding hydrogens is 408 g/mol. The average Bonchev–Trinajstić information content (AvgIpc) is 2.89. The van der Waals surface area contributed by atoms with Crippen molar-refractivity contribution in [2.24, 2.45) is 0 Å². The molecule has 1 amide bonds. The summed E-state index contributed by atoms with van der Waals surface area (Å²) < 4.78 is 51.2. The van der Waals surface area contributed by atoms with E-state index in [1.165, 1.54) is 12.1 Å². The molecule has 1 aliphatic heterocycles. The van der Waals surface area contributed by atoms with Crippen LogP contribution in [0.3, 0.4) is 0 Å². The number of amides is 1. The van der Waals surface area contributed by atoms with Crippen LogP contribution in [0.5, 0.6) is 0 Å². The SMILES string of the molecule is CC1(C)OB(c2ccc(CC(=O)Nc3ccc(C#N)c(C(F)(F)F)c3)cc2)OC1(C)C. The van der Waals surface area contributed by atoms with E-state index in [0.29, 0.717) is 5.56 Å². The smallest absolute Gasteiger partial charge is 0.399 e. The number of nitriles is 1. The van der Waals surface area contributed by atoms with Crippen LogP contribution in [0.2, 0.25) is 0 Å². The third-order valence-electron chi connectivity index (χ3n) is 5.60. The Morgan fingerprint density at radius 1 is 1.06 bits per heavy atom. The molecule has 1 N–H and O–H groups in total. The summed E-state index contributed by atoms with van der Waals surface area (Å²) in [5.41, 5.74) is -1.04. The Morgan fingerprint density at radius 3 is 2.16 bits per heavy atom. The molecule has 0 spiro atoms. The van der Waals surface area contributed by atoms with Gasteiger partial charge < -0.3 is 14.6 Å². The highest BCUT2D eigenvalue weighted by molar-refractivity contribution is 6.62. The number of hydrogen-bond donors (Lipinski definition) is 1. The minimum atomic E-state index is -4.69. The third kappa shape index (κ3) is 4.92. The zero-order valence-electron chi connectivity index (χ0n) is 17.6. The van der Waals surface area contributed by atoms with Crippen molar-refractivity contribution in [3.63, 3.8) is 0 Å². The normalized spacial score (nSPS) is 17.3. The first-order chi connectivity index (χ1) is 14.3. The van der Waals surface area contributed by atoms with Crippen LogP contribution in [0.15, 0.2) is 42.5 Å². The molecule has 1 heterocycles. The van der Waals surface area contributed by atoms with Crippen molar-refractivity contribution < 1.29 is 27.3 Å². The molecule has 0 unspecified atom stereocenters. The summed E-state index contributed by atoms with van der Waals surface area (Å²) in [7, 11) is -0.521. The lowest BCUT2D eigenvalue weighted by atomic mass is 9.79. The zero-order valence-corrected chi connectivity index (χ0v) is 17.6. The van der Waals surface area contributed by atoms with E-state index in [9.17, 15) is 18.0 Å². The van der Waals surface area contributed by atoms with Gasteiger partial charge in [-0.25, -0.2) is 0 Å². The highest BCUT2D eigenvalue weighted by Gasteiger charge is 2.51. The summed E-state index contributed by atoms with van der Waals surface area (Å²) in [5.74, 6) is -0.471. The van der Waals surface area contributed by atoms with Crippen molar-refractivity contribution in [3.05, 3.63) is 59.2 Å². The molecule has 3 rings (SSSR count). The first kappa shape index (κ1) is 22.9. The molecule has 2 aromatic rings. The summed E-state index contributed by atoms with van der Waals surface area (Å²) in [6.07, 6.45) is -4.71. The van der Waals surface area contributed by atoms with Crippen LogP contribution < -0.4 is 10.8 Å². The van der Waals surface area contributed by atoms with Gasteiger partial charge in [-0.3, -0.25) is 4.79 Å². The van der Waals surface area contributed by atoms with E-state index in [2.05, 4.69) is 5.32 Å². The van der Waals surface area contributed by atoms with Crippen LogP contribution in [0.25, 0.3) is 0 Å². The number of hydrogen-bond acceptors (Lipinski definition) is 4. The van der Waals surface area contributed by atoms with Crippen molar-refractivity contribution in [3.8, 4) is 6.07 Å². The van der Waals surface area contributed by atoms with Gasteiger partial charge in [-0.2, -0.15) is 18.4 Å². The molecule has 1 aliphatic rings. The lowest BCUT2D eigenvalue weighted by Crippen LogP contribution is -2.41. The minimum Gasteiger partial charge on any atom is -0.399 e. The van der Waals surface area contributed by atoms with E-state index in [4.69, 9.17) is 14.6 Å². The van der Waals surface area contributed by atoms with Gasteiger partial charge in [-0.05, 0) is 56.9 Å². The Hall–Kier alpha value is -2.83. The largest absolute Gasteiger partial charge is 0.494 e. The fraction of sp³-hybridized carbons (Fsp3) is 0.364. The second-order valence-corrected chi connectivity index (χ2v) is 8.42. The molecule has 162 valence electrons. The van der Waals surface area contributed by atoms with Gasteiger partial charge >= 0.3 is 13.3 Å². The molecule has 1 fully saturated rings. The van der Waals surface area contributed by atoms with Gasteiger partial charge in [-0.1, -0.05) is 24.3 Å². The number of nitrogens with zero attached hydrogens (tertiary/aromatic N) is 1. The van der Waals surface area contributed by atoms with Crippen LogP contribution in [-0.4, -0.2) is 24.2 Å². The molecule has 0 aromatic heterocycles. The van der Waals surface area contributed by atoms with E-state index in [1.807, 2.05) is 27.7 Å². The van der Waals surface area contributed by atoms with E-state index < -0.39 is 41.5 Å². The Morgan fingerprint density at radius 2 is 1.65 bits per heavy atom. The third-order valence-corrected chi connectivity index (χ3v) is 5.60. The van der Waals surface area contributed by atoms with E-state index >= 15 is 0 Å². The minimum absolute atomic E-state index is 0.0228. The fourth-order valence-electron chi connectivity index (χ4n) is 3.12. The van der Waals surface area contributed by atoms with Gasteiger partial charge in [0.05, 0.1) is 34.8 Å². The van der Waals surface area contributed by atoms with E-state index in [-0.39, 0.29) is 12.1 Å². The van der Waals surface area contributed by atoms with Gasteiger partial charge in [0.2, 0.25) is 5.91 Å². The van der Waals surface area contributed by atoms with Crippen LogP contribution in [0.1, 0.15) is 44.4 Å². The van der Waals surface area contributed by atoms with Crippen LogP contribution in [0, 0.1) is 11.3 Å². The van der Waals surface area contributed by atoms with Gasteiger partial charge in [0.25, 0.3) is 0 Å². The Balaban J connectivity index is 1.67. The predicted octanol–water partition coefficient (Wildman–Crippen LogP) is 4.06. The van der Waals surface area contributed by atoms with Gasteiger partial charge in [-0.15, -0.1) is 0 Å². The van der Waals surface area contributed by atoms with E-state index in [0.717, 1.165) is 17.6 Å². The second-order valence-electron chi connectivity index (χ2n) is 8.42.